The average molecular weight is 533 g/mol. The molecule has 1 aliphatic heterocycles. The number of hydrogen-bond acceptors (Lipinski definition) is 5. The van der Waals surface area contributed by atoms with Gasteiger partial charge in [-0.05, 0) is 37.0 Å². The second-order valence-electron chi connectivity index (χ2n) is 9.39. The Morgan fingerprint density at radius 3 is 2.45 bits per heavy atom. The lowest BCUT2D eigenvalue weighted by Gasteiger charge is -2.24. The summed E-state index contributed by atoms with van der Waals surface area (Å²) in [6.07, 6.45) is 3.14. The molecule has 7 nitrogen and oxygen atoms in total. The highest BCUT2D eigenvalue weighted by atomic mass is 19.1. The summed E-state index contributed by atoms with van der Waals surface area (Å²) in [4.78, 5) is 36.5. The number of aryl methyl sites for hydroxylation is 1. The fourth-order valence-corrected chi connectivity index (χ4v) is 4.97. The molecule has 0 bridgehead atoms. The lowest BCUT2D eigenvalue weighted by Crippen LogP contribution is -2.38. The van der Waals surface area contributed by atoms with Crippen LogP contribution in [0.5, 0.6) is 5.88 Å². The fourth-order valence-electron chi connectivity index (χ4n) is 4.97. The maximum absolute atomic E-state index is 14.3. The topological polar surface area (TPSA) is 88.3 Å². The smallest absolute Gasteiger partial charge is 0.270 e. The number of pyridine rings is 1. The van der Waals surface area contributed by atoms with Gasteiger partial charge in [0.15, 0.2) is 5.56 Å². The van der Waals surface area contributed by atoms with Crippen LogP contribution in [0.2, 0.25) is 0 Å². The van der Waals surface area contributed by atoms with Crippen LogP contribution in [-0.2, 0) is 6.42 Å². The van der Waals surface area contributed by atoms with E-state index in [4.69, 9.17) is 0 Å². The van der Waals surface area contributed by atoms with E-state index >= 15 is 0 Å². The molecule has 1 amide bonds. The Labute approximate surface area is 216 Å². The minimum atomic E-state index is -0.844. The van der Waals surface area contributed by atoms with Crippen molar-refractivity contribution in [1.82, 2.24) is 19.4 Å². The highest BCUT2D eigenvalue weighted by molar-refractivity contribution is 5.96. The Morgan fingerprint density at radius 2 is 1.82 bits per heavy atom. The molecule has 1 aliphatic rings. The fraction of sp³-hybridized carbons (Fsp3) is 0.407. The third kappa shape index (κ3) is 5.41. The van der Waals surface area contributed by atoms with Crippen LogP contribution < -0.4 is 5.56 Å². The van der Waals surface area contributed by atoms with E-state index in [9.17, 15) is 32.3 Å². The number of carbonyl (C=O) groups excluding carboxylic acids is 1. The van der Waals surface area contributed by atoms with Crippen molar-refractivity contribution in [3.8, 4) is 5.88 Å². The molecule has 1 fully saturated rings. The van der Waals surface area contributed by atoms with Crippen molar-refractivity contribution in [3.05, 3.63) is 86.7 Å². The molecule has 0 radical (unpaired) electrons. The van der Waals surface area contributed by atoms with Crippen LogP contribution in [0.15, 0.2) is 35.3 Å². The number of hydrogen-bond donors (Lipinski definition) is 1. The summed E-state index contributed by atoms with van der Waals surface area (Å²) < 4.78 is 56.9. The Balaban J connectivity index is 1.75. The van der Waals surface area contributed by atoms with Crippen LogP contribution in [0, 0.1) is 23.3 Å². The molecule has 4 rings (SSSR count). The molecule has 1 N–H and O–H groups in total. The van der Waals surface area contributed by atoms with Crippen molar-refractivity contribution >= 4 is 5.91 Å². The standard InChI is InChI=1S/C27H28F4N4O3/c1-3-5-6-22-33-25(36)23(27(38)35(22)21(4-2)16-9-17(28)11-18(29)10-16)26(37)34-8-7-15(14-34)24-20(31)12-19(30)13-32-24/h9-13,15,21,36H,3-8,14H2,1-2H3/t15?,21-/m1/s1. The molecule has 11 heteroatoms. The minimum absolute atomic E-state index is 0.00281. The minimum Gasteiger partial charge on any atom is -0.493 e. The second kappa shape index (κ2) is 11.3. The summed E-state index contributed by atoms with van der Waals surface area (Å²) in [5, 5.41) is 10.7. The van der Waals surface area contributed by atoms with Gasteiger partial charge in [-0.15, -0.1) is 0 Å². The van der Waals surface area contributed by atoms with Crippen molar-refractivity contribution in [3.63, 3.8) is 0 Å². The van der Waals surface area contributed by atoms with Gasteiger partial charge in [0.25, 0.3) is 11.5 Å². The average Bonchev–Trinajstić information content (AvgIpc) is 3.34. The molecule has 3 aromatic rings. The van der Waals surface area contributed by atoms with Crippen LogP contribution in [0.25, 0.3) is 0 Å². The molecule has 1 unspecified atom stereocenters. The number of rotatable bonds is 8. The van der Waals surface area contributed by atoms with Gasteiger partial charge in [0.1, 0.15) is 29.1 Å². The van der Waals surface area contributed by atoms with Crippen molar-refractivity contribution < 1.29 is 27.5 Å². The number of amides is 1. The van der Waals surface area contributed by atoms with Crippen molar-refractivity contribution in [2.75, 3.05) is 13.1 Å². The summed E-state index contributed by atoms with van der Waals surface area (Å²) in [6, 6.07) is 2.84. The Morgan fingerprint density at radius 1 is 1.11 bits per heavy atom. The molecule has 0 spiro atoms. The zero-order chi connectivity index (χ0) is 27.6. The van der Waals surface area contributed by atoms with Gasteiger partial charge in [-0.3, -0.25) is 19.1 Å². The molecule has 1 aromatic carbocycles. The summed E-state index contributed by atoms with van der Waals surface area (Å²) in [5.74, 6) is -5.15. The first-order chi connectivity index (χ1) is 18.1. The van der Waals surface area contributed by atoms with Gasteiger partial charge in [-0.1, -0.05) is 20.3 Å². The molecular weight excluding hydrogens is 504 g/mol. The number of unbranched alkanes of at least 4 members (excludes halogenated alkanes) is 1. The maximum atomic E-state index is 14.3. The molecule has 1 saturated heterocycles. The number of nitrogens with zero attached hydrogens (tertiary/aromatic N) is 4. The summed E-state index contributed by atoms with van der Waals surface area (Å²) in [7, 11) is 0. The van der Waals surface area contributed by atoms with Gasteiger partial charge < -0.3 is 10.0 Å². The van der Waals surface area contributed by atoms with Crippen LogP contribution in [0.1, 0.15) is 78.9 Å². The summed E-state index contributed by atoms with van der Waals surface area (Å²) in [5.41, 5.74) is -1.21. The molecule has 2 atom stereocenters. The van der Waals surface area contributed by atoms with E-state index in [2.05, 4.69) is 9.97 Å². The van der Waals surface area contributed by atoms with E-state index < -0.39 is 58.1 Å². The lowest BCUT2D eigenvalue weighted by atomic mass is 10.0. The highest BCUT2D eigenvalue weighted by Gasteiger charge is 2.35. The number of benzene rings is 1. The quantitative estimate of drug-likeness (QED) is 0.418. The number of aromatic hydroxyl groups is 1. The van der Waals surface area contributed by atoms with E-state index in [1.165, 1.54) is 9.47 Å². The van der Waals surface area contributed by atoms with Gasteiger partial charge in [0.05, 0.1) is 17.9 Å². The van der Waals surface area contributed by atoms with E-state index in [0.29, 0.717) is 19.3 Å². The number of aromatic nitrogens is 3. The Kier molecular flexibility index (Phi) is 8.13. The van der Waals surface area contributed by atoms with Crippen LogP contribution in [0.4, 0.5) is 17.6 Å². The van der Waals surface area contributed by atoms with Gasteiger partial charge in [-0.25, -0.2) is 17.6 Å². The zero-order valence-electron chi connectivity index (χ0n) is 21.1. The maximum Gasteiger partial charge on any atom is 0.270 e. The Hall–Kier alpha value is -3.76. The monoisotopic (exact) mass is 532 g/mol. The van der Waals surface area contributed by atoms with Crippen molar-refractivity contribution in [2.45, 2.75) is 57.9 Å². The van der Waals surface area contributed by atoms with Gasteiger partial charge in [0.2, 0.25) is 5.88 Å². The summed E-state index contributed by atoms with van der Waals surface area (Å²) in [6.45, 7) is 3.80. The normalized spacial score (nSPS) is 16.2. The van der Waals surface area contributed by atoms with Crippen LogP contribution in [0.3, 0.4) is 0 Å². The van der Waals surface area contributed by atoms with Crippen LogP contribution >= 0.6 is 0 Å². The first-order valence-corrected chi connectivity index (χ1v) is 12.5. The van der Waals surface area contributed by atoms with E-state index in [1.54, 1.807) is 6.92 Å². The predicted molar refractivity (Wildman–Crippen MR) is 131 cm³/mol. The first-order valence-electron chi connectivity index (χ1n) is 12.5. The van der Waals surface area contributed by atoms with Crippen LogP contribution in [-0.4, -0.2) is 43.5 Å². The number of likely N-dealkylation sites (tertiary alicyclic amines) is 1. The SMILES string of the molecule is CCCCc1nc(O)c(C(=O)N2CCC(c3ncc(F)cc3F)C2)c(=O)n1[C@H](CC)c1cc(F)cc(F)c1. The third-order valence-corrected chi connectivity index (χ3v) is 6.80. The zero-order valence-corrected chi connectivity index (χ0v) is 21.1. The first kappa shape index (κ1) is 27.3. The molecular formula is C27H28F4N4O3. The number of carbonyl (C=O) groups is 1. The lowest BCUT2D eigenvalue weighted by molar-refractivity contribution is 0.0783. The van der Waals surface area contributed by atoms with Gasteiger partial charge in [0, 0.05) is 37.6 Å². The van der Waals surface area contributed by atoms with E-state index in [1.807, 2.05) is 6.92 Å². The van der Waals surface area contributed by atoms with Crippen molar-refractivity contribution in [1.29, 1.82) is 0 Å². The molecule has 38 heavy (non-hydrogen) atoms. The number of halogens is 4. The molecule has 2 aromatic heterocycles. The highest BCUT2D eigenvalue weighted by Crippen LogP contribution is 2.30. The molecule has 202 valence electrons. The van der Waals surface area contributed by atoms with Gasteiger partial charge in [-0.2, -0.15) is 4.98 Å². The third-order valence-electron chi connectivity index (χ3n) is 6.80. The van der Waals surface area contributed by atoms with E-state index in [0.717, 1.165) is 36.9 Å². The largest absolute Gasteiger partial charge is 0.493 e. The summed E-state index contributed by atoms with van der Waals surface area (Å²) >= 11 is 0. The van der Waals surface area contributed by atoms with Gasteiger partial charge >= 0.3 is 0 Å². The molecule has 3 heterocycles. The molecule has 0 saturated carbocycles. The van der Waals surface area contributed by atoms with Crippen molar-refractivity contribution in [2.24, 2.45) is 0 Å². The molecule has 0 aliphatic carbocycles. The Bertz CT molecular complexity index is 1390. The predicted octanol–water partition coefficient (Wildman–Crippen LogP) is 4.87. The van der Waals surface area contributed by atoms with E-state index in [-0.39, 0.29) is 36.6 Å². The second-order valence-corrected chi connectivity index (χ2v) is 9.39.